The van der Waals surface area contributed by atoms with Crippen LogP contribution in [0.15, 0.2) is 53.0 Å². The summed E-state index contributed by atoms with van der Waals surface area (Å²) in [4.78, 5) is 30.9. The fourth-order valence-electron chi connectivity index (χ4n) is 4.15. The first kappa shape index (κ1) is 31.5. The largest absolute Gasteiger partial charge is 0.487 e. The van der Waals surface area contributed by atoms with E-state index >= 15 is 0 Å². The third kappa shape index (κ3) is 6.63. The molecule has 0 bridgehead atoms. The average molecular weight is 684 g/mol. The highest BCUT2D eigenvalue weighted by Gasteiger charge is 2.27. The molecule has 0 atom stereocenters. The lowest BCUT2D eigenvalue weighted by Crippen LogP contribution is -2.34. The minimum Gasteiger partial charge on any atom is -0.487 e. The Bertz CT molecular complexity index is 1660. The summed E-state index contributed by atoms with van der Waals surface area (Å²) < 4.78 is 33.4. The van der Waals surface area contributed by atoms with Crippen LogP contribution in [-0.4, -0.2) is 39.6 Å². The van der Waals surface area contributed by atoms with Gasteiger partial charge in [-0.1, -0.05) is 66.0 Å². The van der Waals surface area contributed by atoms with Crippen molar-refractivity contribution < 1.29 is 28.2 Å². The second-order valence-electron chi connectivity index (χ2n) is 10.4. The molecule has 0 aliphatic heterocycles. The summed E-state index contributed by atoms with van der Waals surface area (Å²) in [6, 6.07) is 13.3. The lowest BCUT2D eigenvalue weighted by molar-refractivity contribution is -0.128. The van der Waals surface area contributed by atoms with Gasteiger partial charge in [-0.2, -0.15) is 0 Å². The normalized spacial score (nSPS) is 11.7. The van der Waals surface area contributed by atoms with Crippen molar-refractivity contribution in [3.63, 3.8) is 0 Å². The first-order valence-electron chi connectivity index (χ1n) is 12.6. The molecule has 0 unspecified atom stereocenters. The molecule has 0 saturated carbocycles. The average Bonchev–Trinajstić information content (AvgIpc) is 3.23. The van der Waals surface area contributed by atoms with E-state index in [1.54, 1.807) is 49.4 Å². The number of halogens is 5. The number of anilines is 3. The Labute approximate surface area is 259 Å². The highest BCUT2D eigenvalue weighted by Crippen LogP contribution is 2.45. The molecule has 1 heterocycles. The third-order valence-electron chi connectivity index (χ3n) is 6.33. The van der Waals surface area contributed by atoms with E-state index in [4.69, 9.17) is 32.9 Å². The molecule has 8 nitrogen and oxygen atoms in total. The maximum atomic E-state index is 12.9. The number of aromatic nitrogens is 2. The minimum absolute atomic E-state index is 0.141. The van der Waals surface area contributed by atoms with Crippen LogP contribution in [0.4, 0.5) is 26.1 Å². The van der Waals surface area contributed by atoms with Gasteiger partial charge in [0.05, 0.1) is 26.8 Å². The number of aryl methyl sites for hydroxylation is 1. The number of carboxylic acids is 1. The van der Waals surface area contributed by atoms with E-state index in [9.17, 15) is 23.5 Å². The number of hydrogen-bond acceptors (Lipinski definition) is 5. The van der Waals surface area contributed by atoms with Crippen LogP contribution in [0, 0.1) is 5.41 Å². The molecule has 0 fully saturated rings. The first-order valence-corrected chi connectivity index (χ1v) is 14.2. The number of aromatic carboxylic acids is 1. The number of carboxylic acid groups (broad SMARTS) is 1. The van der Waals surface area contributed by atoms with Crippen molar-refractivity contribution in [1.29, 1.82) is 0 Å². The molecule has 4 aromatic rings. The zero-order valence-electron chi connectivity index (χ0n) is 23.0. The van der Waals surface area contributed by atoms with Crippen LogP contribution in [-0.2, 0) is 18.4 Å². The van der Waals surface area contributed by atoms with Gasteiger partial charge in [0, 0.05) is 35.2 Å². The summed E-state index contributed by atoms with van der Waals surface area (Å²) in [5.41, 5.74) is 1.36. The number of rotatable bonds is 9. The van der Waals surface area contributed by atoms with E-state index < -0.39 is 24.4 Å². The highest BCUT2D eigenvalue weighted by molar-refractivity contribution is 9.10. The van der Waals surface area contributed by atoms with Crippen LogP contribution in [0.1, 0.15) is 36.7 Å². The van der Waals surface area contributed by atoms with Crippen molar-refractivity contribution in [2.24, 2.45) is 12.5 Å². The maximum absolute atomic E-state index is 12.9. The van der Waals surface area contributed by atoms with Gasteiger partial charge in [0.25, 0.3) is 6.43 Å². The number of amides is 1. The van der Waals surface area contributed by atoms with E-state index in [2.05, 4.69) is 21.2 Å². The van der Waals surface area contributed by atoms with Crippen molar-refractivity contribution in [2.75, 3.05) is 11.5 Å². The zero-order chi connectivity index (χ0) is 30.9. The molecular weight excluding hydrogens is 657 g/mol. The molecule has 0 aliphatic carbocycles. The number of nitrogens with one attached hydrogen (secondary N) is 1. The molecule has 0 radical (unpaired) electrons. The number of fused-ring (bicyclic) bond motifs is 1. The van der Waals surface area contributed by atoms with Gasteiger partial charge in [0.15, 0.2) is 0 Å². The van der Waals surface area contributed by atoms with Gasteiger partial charge >= 0.3 is 5.97 Å². The topological polar surface area (TPSA) is 96.7 Å². The number of imidazole rings is 1. The molecule has 4 rings (SSSR count). The molecule has 1 amide bonds. The Kier molecular flexibility index (Phi) is 9.34. The van der Waals surface area contributed by atoms with Crippen molar-refractivity contribution >= 4 is 79.4 Å². The molecule has 0 spiro atoms. The molecule has 222 valence electrons. The second kappa shape index (κ2) is 12.4. The van der Waals surface area contributed by atoms with Crippen molar-refractivity contribution in [1.82, 2.24) is 14.9 Å². The van der Waals surface area contributed by atoms with E-state index in [0.717, 1.165) is 4.47 Å². The van der Waals surface area contributed by atoms with Gasteiger partial charge in [-0.15, -0.1) is 0 Å². The van der Waals surface area contributed by atoms with Gasteiger partial charge in [0.2, 0.25) is 11.9 Å². The smallest absolute Gasteiger partial charge is 0.339 e. The van der Waals surface area contributed by atoms with Gasteiger partial charge in [0.1, 0.15) is 17.9 Å². The molecule has 0 aliphatic rings. The van der Waals surface area contributed by atoms with Crippen molar-refractivity contribution in [3.8, 4) is 5.75 Å². The van der Waals surface area contributed by atoms with Crippen LogP contribution in [0.5, 0.6) is 5.75 Å². The van der Waals surface area contributed by atoms with Gasteiger partial charge < -0.3 is 19.7 Å². The van der Waals surface area contributed by atoms with Crippen LogP contribution in [0.2, 0.25) is 10.0 Å². The van der Waals surface area contributed by atoms with Crippen molar-refractivity contribution in [3.05, 3.63) is 74.2 Å². The molecule has 42 heavy (non-hydrogen) atoms. The number of nitrogens with zero attached hydrogens (tertiary/aromatic N) is 3. The Morgan fingerprint density at radius 1 is 1.14 bits per heavy atom. The molecular formula is C29H27BrCl2F2N4O4. The van der Waals surface area contributed by atoms with Crippen LogP contribution < -0.4 is 15.0 Å². The summed E-state index contributed by atoms with van der Waals surface area (Å²) in [5.74, 6) is -1.43. The summed E-state index contributed by atoms with van der Waals surface area (Å²) >= 11 is 17.1. The predicted molar refractivity (Wildman–Crippen MR) is 163 cm³/mol. The number of benzene rings is 3. The lowest BCUT2D eigenvalue weighted by Gasteiger charge is -2.27. The number of ether oxygens (including phenoxy) is 1. The summed E-state index contributed by atoms with van der Waals surface area (Å²) in [5, 5.41) is 13.2. The maximum Gasteiger partial charge on any atom is 0.339 e. The Balaban J connectivity index is 1.91. The SMILES string of the molecule is Cn1c(N(c2ccc(Br)cc2)c2c(Cl)ccc(CNC(=O)C(C)(C)C)c2Cl)nc2cc(C(=O)O)c(OCC(F)F)cc21. The molecule has 1 aromatic heterocycles. The fraction of sp³-hybridized carbons (Fsp3) is 0.276. The molecule has 0 saturated heterocycles. The monoisotopic (exact) mass is 682 g/mol. The van der Waals surface area contributed by atoms with Crippen LogP contribution in [0.3, 0.4) is 0 Å². The Morgan fingerprint density at radius 3 is 2.40 bits per heavy atom. The Hall–Kier alpha value is -3.41. The zero-order valence-corrected chi connectivity index (χ0v) is 26.1. The standard InChI is InChI=1S/C29H27BrCl2F2N4O4/c1-29(2,3)27(41)35-13-15-5-10-19(31)25(24(15)32)38(17-8-6-16(30)7-9-17)28-36-20-11-18(26(39)40)22(42-14-23(33)34)12-21(20)37(28)4/h5-12,23H,13-14H2,1-4H3,(H,35,41)(H,39,40). The summed E-state index contributed by atoms with van der Waals surface area (Å²) in [6.07, 6.45) is -2.79. The number of carbonyl (C=O) groups is 2. The summed E-state index contributed by atoms with van der Waals surface area (Å²) in [6.45, 7) is 4.59. The van der Waals surface area contributed by atoms with Gasteiger partial charge in [-0.3, -0.25) is 9.69 Å². The second-order valence-corrected chi connectivity index (χ2v) is 12.1. The van der Waals surface area contributed by atoms with E-state index in [0.29, 0.717) is 28.4 Å². The number of alkyl halides is 2. The van der Waals surface area contributed by atoms with E-state index in [1.165, 1.54) is 12.1 Å². The molecule has 2 N–H and O–H groups in total. The Morgan fingerprint density at radius 2 is 1.81 bits per heavy atom. The van der Waals surface area contributed by atoms with Crippen molar-refractivity contribution in [2.45, 2.75) is 33.7 Å². The number of hydrogen-bond donors (Lipinski definition) is 2. The van der Waals surface area contributed by atoms with Gasteiger partial charge in [-0.25, -0.2) is 18.6 Å². The lowest BCUT2D eigenvalue weighted by atomic mass is 9.95. The van der Waals surface area contributed by atoms with Gasteiger partial charge in [-0.05, 0) is 42.0 Å². The molecule has 13 heteroatoms. The molecule has 3 aromatic carbocycles. The quantitative estimate of drug-likeness (QED) is 0.185. The van der Waals surface area contributed by atoms with E-state index in [1.807, 2.05) is 24.3 Å². The summed E-state index contributed by atoms with van der Waals surface area (Å²) in [7, 11) is 1.68. The van der Waals surface area contributed by atoms with E-state index in [-0.39, 0.29) is 39.3 Å². The predicted octanol–water partition coefficient (Wildman–Crippen LogP) is 8.12. The number of carbonyl (C=O) groups excluding carboxylic acids is 1. The van der Waals surface area contributed by atoms with Crippen LogP contribution in [0.25, 0.3) is 11.0 Å². The minimum atomic E-state index is -2.79. The van der Waals surface area contributed by atoms with Crippen LogP contribution >= 0.6 is 39.1 Å². The fourth-order valence-corrected chi connectivity index (χ4v) is 5.02. The highest BCUT2D eigenvalue weighted by atomic mass is 79.9. The first-order chi connectivity index (χ1) is 19.7. The third-order valence-corrected chi connectivity index (χ3v) is 7.59.